The maximum Gasteiger partial charge on any atom is 0.228 e. The van der Waals surface area contributed by atoms with Gasteiger partial charge in [-0.25, -0.2) is 0 Å². The number of aromatic nitrogens is 2. The zero-order chi connectivity index (χ0) is 14.2. The number of ether oxygens (including phenoxy) is 3. The first kappa shape index (κ1) is 15.4. The summed E-state index contributed by atoms with van der Waals surface area (Å²) in [5.41, 5.74) is 0. The third kappa shape index (κ3) is 4.52. The second-order valence-electron chi connectivity index (χ2n) is 4.79. The van der Waals surface area contributed by atoms with Crippen molar-refractivity contribution < 1.29 is 18.7 Å². The smallest absolute Gasteiger partial charge is 0.228 e. The van der Waals surface area contributed by atoms with E-state index in [2.05, 4.69) is 22.4 Å². The molecule has 7 nitrogen and oxygen atoms in total. The molecule has 1 saturated heterocycles. The Hall–Kier alpha value is -1.02. The van der Waals surface area contributed by atoms with Crippen LogP contribution in [0.5, 0.6) is 0 Å². The van der Waals surface area contributed by atoms with Crippen LogP contribution in [0.3, 0.4) is 0 Å². The highest BCUT2D eigenvalue weighted by atomic mass is 16.6. The Labute approximate surface area is 119 Å². The van der Waals surface area contributed by atoms with Crippen molar-refractivity contribution in [2.24, 2.45) is 0 Å². The quantitative estimate of drug-likeness (QED) is 0.753. The topological polar surface area (TPSA) is 78.6 Å². The lowest BCUT2D eigenvalue weighted by atomic mass is 10.2. The van der Waals surface area contributed by atoms with Crippen LogP contribution in [0.25, 0.3) is 0 Å². The average molecular weight is 285 g/mol. The van der Waals surface area contributed by atoms with Crippen LogP contribution in [0, 0.1) is 0 Å². The SMILES string of the molecule is CCCNC(COC)Cc1nc(C2COCCO2)no1. The minimum Gasteiger partial charge on any atom is -0.383 e. The zero-order valence-electron chi connectivity index (χ0n) is 12.1. The number of nitrogens with zero attached hydrogens (tertiary/aromatic N) is 2. The third-order valence-corrected chi connectivity index (χ3v) is 3.06. The molecule has 1 aromatic rings. The lowest BCUT2D eigenvalue weighted by Gasteiger charge is -2.19. The first-order valence-electron chi connectivity index (χ1n) is 7.07. The van der Waals surface area contributed by atoms with Gasteiger partial charge in [0.1, 0.15) is 6.10 Å². The second kappa shape index (κ2) is 8.31. The average Bonchev–Trinajstić information content (AvgIpc) is 2.94. The van der Waals surface area contributed by atoms with Gasteiger partial charge in [0.05, 0.1) is 26.4 Å². The summed E-state index contributed by atoms with van der Waals surface area (Å²) in [6, 6.07) is 0.178. The molecule has 7 heteroatoms. The van der Waals surface area contributed by atoms with Gasteiger partial charge in [0.2, 0.25) is 11.7 Å². The molecule has 0 amide bonds. The molecule has 0 spiro atoms. The summed E-state index contributed by atoms with van der Waals surface area (Å²) in [6.07, 6.45) is 1.50. The third-order valence-electron chi connectivity index (χ3n) is 3.06. The molecule has 1 fully saturated rings. The number of hydrogen-bond acceptors (Lipinski definition) is 7. The molecule has 0 aromatic carbocycles. The van der Waals surface area contributed by atoms with Gasteiger partial charge in [0, 0.05) is 19.6 Å². The van der Waals surface area contributed by atoms with Gasteiger partial charge in [-0.1, -0.05) is 12.1 Å². The van der Waals surface area contributed by atoms with Crippen LogP contribution in [0.2, 0.25) is 0 Å². The first-order chi connectivity index (χ1) is 9.83. The number of nitrogens with one attached hydrogen (secondary N) is 1. The summed E-state index contributed by atoms with van der Waals surface area (Å²) in [6.45, 7) is 5.35. The highest BCUT2D eigenvalue weighted by Gasteiger charge is 2.23. The van der Waals surface area contributed by atoms with E-state index in [0.29, 0.717) is 44.6 Å². The van der Waals surface area contributed by atoms with Crippen molar-refractivity contribution in [1.82, 2.24) is 15.5 Å². The molecule has 114 valence electrons. The van der Waals surface area contributed by atoms with Crippen molar-refractivity contribution in [1.29, 1.82) is 0 Å². The molecule has 1 aliphatic heterocycles. The van der Waals surface area contributed by atoms with Crippen LogP contribution in [0.15, 0.2) is 4.52 Å². The highest BCUT2D eigenvalue weighted by molar-refractivity contribution is 4.94. The summed E-state index contributed by atoms with van der Waals surface area (Å²) in [5.74, 6) is 1.16. The van der Waals surface area contributed by atoms with Crippen molar-refractivity contribution in [3.63, 3.8) is 0 Å². The van der Waals surface area contributed by atoms with Crippen LogP contribution >= 0.6 is 0 Å². The minimum absolute atomic E-state index is 0.178. The van der Waals surface area contributed by atoms with Crippen molar-refractivity contribution >= 4 is 0 Å². The van der Waals surface area contributed by atoms with Gasteiger partial charge in [-0.3, -0.25) is 0 Å². The van der Waals surface area contributed by atoms with Crippen LogP contribution in [-0.4, -0.2) is 56.3 Å². The fourth-order valence-electron chi connectivity index (χ4n) is 2.07. The Morgan fingerprint density at radius 1 is 1.45 bits per heavy atom. The van der Waals surface area contributed by atoms with Crippen molar-refractivity contribution in [3.05, 3.63) is 11.7 Å². The van der Waals surface area contributed by atoms with E-state index in [-0.39, 0.29) is 12.1 Å². The summed E-state index contributed by atoms with van der Waals surface area (Å²) in [7, 11) is 1.69. The number of rotatable bonds is 8. The zero-order valence-corrected chi connectivity index (χ0v) is 12.1. The molecule has 0 radical (unpaired) electrons. The van der Waals surface area contributed by atoms with E-state index >= 15 is 0 Å². The Balaban J connectivity index is 1.89. The van der Waals surface area contributed by atoms with Crippen LogP contribution < -0.4 is 5.32 Å². The molecule has 2 heterocycles. The van der Waals surface area contributed by atoms with Gasteiger partial charge in [-0.2, -0.15) is 4.98 Å². The van der Waals surface area contributed by atoms with Crippen molar-refractivity contribution in [2.45, 2.75) is 31.9 Å². The van der Waals surface area contributed by atoms with E-state index in [1.807, 2.05) is 0 Å². The predicted molar refractivity (Wildman–Crippen MR) is 71.5 cm³/mol. The summed E-state index contributed by atoms with van der Waals surface area (Å²) >= 11 is 0. The molecule has 20 heavy (non-hydrogen) atoms. The molecule has 0 saturated carbocycles. The number of hydrogen-bond donors (Lipinski definition) is 1. The Bertz CT molecular complexity index is 379. The molecule has 2 unspecified atom stereocenters. The lowest BCUT2D eigenvalue weighted by molar-refractivity contribution is -0.0941. The summed E-state index contributed by atoms with van der Waals surface area (Å²) < 4.78 is 21.4. The Morgan fingerprint density at radius 3 is 3.05 bits per heavy atom. The predicted octanol–water partition coefficient (Wildman–Crippen LogP) is 0.715. The van der Waals surface area contributed by atoms with Gasteiger partial charge >= 0.3 is 0 Å². The molecule has 0 bridgehead atoms. The molecule has 2 atom stereocenters. The van der Waals surface area contributed by atoms with Gasteiger partial charge in [-0.15, -0.1) is 0 Å². The second-order valence-corrected chi connectivity index (χ2v) is 4.79. The fourth-order valence-corrected chi connectivity index (χ4v) is 2.07. The van der Waals surface area contributed by atoms with E-state index in [1.165, 1.54) is 0 Å². The molecular formula is C13H23N3O4. The fraction of sp³-hybridized carbons (Fsp3) is 0.846. The van der Waals surface area contributed by atoms with Crippen molar-refractivity contribution in [3.8, 4) is 0 Å². The van der Waals surface area contributed by atoms with Crippen LogP contribution in [0.1, 0.15) is 31.2 Å². The van der Waals surface area contributed by atoms with Gasteiger partial charge < -0.3 is 24.1 Å². The van der Waals surface area contributed by atoms with Crippen LogP contribution in [-0.2, 0) is 20.6 Å². The van der Waals surface area contributed by atoms with Gasteiger partial charge in [-0.05, 0) is 13.0 Å². The van der Waals surface area contributed by atoms with E-state index in [4.69, 9.17) is 18.7 Å². The van der Waals surface area contributed by atoms with E-state index in [9.17, 15) is 0 Å². The maximum absolute atomic E-state index is 5.54. The van der Waals surface area contributed by atoms with Gasteiger partial charge in [0.25, 0.3) is 0 Å². The summed E-state index contributed by atoms with van der Waals surface area (Å²) in [4.78, 5) is 4.39. The molecule has 1 aromatic heterocycles. The van der Waals surface area contributed by atoms with E-state index < -0.39 is 0 Å². The van der Waals surface area contributed by atoms with E-state index in [0.717, 1.165) is 13.0 Å². The first-order valence-corrected chi connectivity index (χ1v) is 7.07. The molecule has 1 N–H and O–H groups in total. The summed E-state index contributed by atoms with van der Waals surface area (Å²) in [5, 5.41) is 7.37. The number of methoxy groups -OCH3 is 1. The van der Waals surface area contributed by atoms with Crippen LogP contribution in [0.4, 0.5) is 0 Å². The molecular weight excluding hydrogens is 262 g/mol. The maximum atomic E-state index is 5.54. The Kier molecular flexibility index (Phi) is 6.38. The monoisotopic (exact) mass is 285 g/mol. The largest absolute Gasteiger partial charge is 0.383 e. The normalized spacial score (nSPS) is 21.0. The van der Waals surface area contributed by atoms with Gasteiger partial charge in [0.15, 0.2) is 0 Å². The standard InChI is InChI=1S/C13H23N3O4/c1-3-4-14-10(8-17-2)7-12-15-13(16-20-12)11-9-18-5-6-19-11/h10-11,14H,3-9H2,1-2H3. The molecule has 2 rings (SSSR count). The highest BCUT2D eigenvalue weighted by Crippen LogP contribution is 2.18. The molecule has 1 aliphatic rings. The minimum atomic E-state index is -0.217. The Morgan fingerprint density at radius 2 is 2.35 bits per heavy atom. The van der Waals surface area contributed by atoms with Crippen molar-refractivity contribution in [2.75, 3.05) is 40.1 Å². The lowest BCUT2D eigenvalue weighted by Crippen LogP contribution is -2.35. The van der Waals surface area contributed by atoms with E-state index in [1.54, 1.807) is 7.11 Å². The molecule has 0 aliphatic carbocycles.